The van der Waals surface area contributed by atoms with E-state index in [9.17, 15) is 0 Å². The predicted molar refractivity (Wildman–Crippen MR) is 97.7 cm³/mol. The lowest BCUT2D eigenvalue weighted by atomic mass is 10.1. The molecule has 2 aromatic heterocycles. The molecule has 0 saturated carbocycles. The minimum absolute atomic E-state index is 0. The van der Waals surface area contributed by atoms with Crippen molar-refractivity contribution in [1.29, 1.82) is 0 Å². The van der Waals surface area contributed by atoms with Gasteiger partial charge in [-0.15, -0.1) is 24.8 Å². The van der Waals surface area contributed by atoms with Crippen LogP contribution in [0.1, 0.15) is 0 Å². The monoisotopic (exact) mass is 363 g/mol. The van der Waals surface area contributed by atoms with Crippen LogP contribution in [0.15, 0.2) is 48.7 Å². The molecule has 4 aromatic rings. The first-order valence-corrected chi connectivity index (χ1v) is 7.14. The highest BCUT2D eigenvalue weighted by Gasteiger charge is 2.16. The van der Waals surface area contributed by atoms with Crippen LogP contribution in [0.3, 0.4) is 0 Å². The molecule has 0 spiro atoms. The summed E-state index contributed by atoms with van der Waals surface area (Å²) in [5.74, 6) is 2.49. The molecule has 124 valence electrons. The van der Waals surface area contributed by atoms with Gasteiger partial charge < -0.3 is 14.0 Å². The van der Waals surface area contributed by atoms with E-state index in [-0.39, 0.29) is 31.6 Å². The minimum atomic E-state index is 0. The Morgan fingerprint density at radius 3 is 2.54 bits per heavy atom. The van der Waals surface area contributed by atoms with E-state index in [1.165, 1.54) is 5.52 Å². The molecule has 3 heterocycles. The fraction of sp³-hybridized carbons (Fsp3) is 0.118. The molecule has 0 fully saturated rings. The average Bonchev–Trinajstić information content (AvgIpc) is 3.24. The predicted octanol–water partition coefficient (Wildman–Crippen LogP) is 4.07. The summed E-state index contributed by atoms with van der Waals surface area (Å²) in [5, 5.41) is 0. The van der Waals surface area contributed by atoms with Crippen LogP contribution in [-0.4, -0.2) is 20.7 Å². The second kappa shape index (κ2) is 5.92. The lowest BCUT2D eigenvalue weighted by Crippen LogP contribution is -1.92. The van der Waals surface area contributed by atoms with Gasteiger partial charge in [-0.2, -0.15) is 0 Å². The van der Waals surface area contributed by atoms with Crippen molar-refractivity contribution in [3.8, 4) is 22.8 Å². The summed E-state index contributed by atoms with van der Waals surface area (Å²) in [7, 11) is 2.04. The van der Waals surface area contributed by atoms with Crippen LogP contribution in [0.4, 0.5) is 0 Å². The molecule has 0 radical (unpaired) electrons. The number of fused-ring (bicyclic) bond motifs is 4. The lowest BCUT2D eigenvalue weighted by molar-refractivity contribution is 0.174. The topological polar surface area (TPSA) is 40.7 Å². The minimum Gasteiger partial charge on any atom is -0.454 e. The van der Waals surface area contributed by atoms with Crippen LogP contribution in [0.25, 0.3) is 28.1 Å². The summed E-state index contributed by atoms with van der Waals surface area (Å²) < 4.78 is 15.0. The number of aromatic nitrogens is 3. The standard InChI is InChI=1S/C17H13N3O2.2ClH/c1-19-13-4-2-3-5-14(13)20-9-12(18-17(19)20)11-6-7-15-16(8-11)22-10-21-15;;/h2-9H,10H2,1H3;2*1H. The second-order valence-electron chi connectivity index (χ2n) is 5.41. The third-order valence-corrected chi connectivity index (χ3v) is 4.16. The Labute approximate surface area is 150 Å². The molecule has 24 heavy (non-hydrogen) atoms. The van der Waals surface area contributed by atoms with Crippen LogP contribution in [0.5, 0.6) is 11.5 Å². The number of hydrogen-bond donors (Lipinski definition) is 0. The van der Waals surface area contributed by atoms with Crippen molar-refractivity contribution in [3.05, 3.63) is 48.7 Å². The molecule has 5 nitrogen and oxygen atoms in total. The first-order valence-electron chi connectivity index (χ1n) is 7.14. The van der Waals surface area contributed by atoms with Gasteiger partial charge in [-0.1, -0.05) is 12.1 Å². The maximum absolute atomic E-state index is 5.45. The molecule has 7 heteroatoms. The Balaban J connectivity index is 0.000000845. The largest absolute Gasteiger partial charge is 0.454 e. The van der Waals surface area contributed by atoms with Gasteiger partial charge in [0.2, 0.25) is 12.6 Å². The number of para-hydroxylation sites is 2. The van der Waals surface area contributed by atoms with E-state index in [4.69, 9.17) is 14.5 Å². The van der Waals surface area contributed by atoms with Gasteiger partial charge in [-0.25, -0.2) is 4.98 Å². The van der Waals surface area contributed by atoms with Crippen molar-refractivity contribution >= 4 is 41.6 Å². The van der Waals surface area contributed by atoms with Crippen molar-refractivity contribution in [2.75, 3.05) is 6.79 Å². The van der Waals surface area contributed by atoms with Crippen LogP contribution in [-0.2, 0) is 7.05 Å². The zero-order valence-electron chi connectivity index (χ0n) is 12.8. The number of imidazole rings is 2. The third-order valence-electron chi connectivity index (χ3n) is 4.16. The van der Waals surface area contributed by atoms with Crippen molar-refractivity contribution < 1.29 is 9.47 Å². The Hall–Kier alpha value is -2.37. The van der Waals surface area contributed by atoms with E-state index < -0.39 is 0 Å². The fourth-order valence-electron chi connectivity index (χ4n) is 3.04. The fourth-order valence-corrected chi connectivity index (χ4v) is 3.04. The van der Waals surface area contributed by atoms with Crippen LogP contribution < -0.4 is 9.47 Å². The molecule has 0 N–H and O–H groups in total. The molecule has 2 aromatic carbocycles. The zero-order chi connectivity index (χ0) is 14.7. The molecule has 0 amide bonds. The van der Waals surface area contributed by atoms with Gasteiger partial charge in [0.25, 0.3) is 0 Å². The second-order valence-corrected chi connectivity index (χ2v) is 5.41. The van der Waals surface area contributed by atoms with Gasteiger partial charge in [0.05, 0.1) is 16.7 Å². The average molecular weight is 364 g/mol. The molecule has 1 aliphatic rings. The normalized spacial score (nSPS) is 12.2. The number of ether oxygens (including phenoxy) is 2. The smallest absolute Gasteiger partial charge is 0.231 e. The first kappa shape index (κ1) is 16.5. The first-order chi connectivity index (χ1) is 10.8. The van der Waals surface area contributed by atoms with E-state index in [1.54, 1.807) is 0 Å². The van der Waals surface area contributed by atoms with Crippen LogP contribution in [0.2, 0.25) is 0 Å². The summed E-state index contributed by atoms with van der Waals surface area (Å²) in [6.07, 6.45) is 2.06. The van der Waals surface area contributed by atoms with Gasteiger partial charge in [-0.3, -0.25) is 4.40 Å². The summed E-state index contributed by atoms with van der Waals surface area (Å²) in [6, 6.07) is 14.2. The molecule has 5 rings (SSSR count). The van der Waals surface area contributed by atoms with Crippen molar-refractivity contribution in [2.24, 2.45) is 7.05 Å². The number of halogens is 2. The molecule has 0 unspecified atom stereocenters. The number of rotatable bonds is 1. The maximum atomic E-state index is 5.45. The van der Waals surface area contributed by atoms with Crippen LogP contribution in [0, 0.1) is 0 Å². The van der Waals surface area contributed by atoms with E-state index in [2.05, 4.69) is 27.3 Å². The highest BCUT2D eigenvalue weighted by atomic mass is 35.5. The summed E-state index contributed by atoms with van der Waals surface area (Å²) in [5.41, 5.74) is 4.27. The molecule has 0 bridgehead atoms. The van der Waals surface area contributed by atoms with Gasteiger partial charge in [0.1, 0.15) is 0 Å². The molecule has 0 saturated heterocycles. The number of benzene rings is 2. The Morgan fingerprint density at radius 1 is 0.958 bits per heavy atom. The van der Waals surface area contributed by atoms with Crippen molar-refractivity contribution in [2.45, 2.75) is 0 Å². The van der Waals surface area contributed by atoms with Gasteiger partial charge in [0.15, 0.2) is 11.5 Å². The van der Waals surface area contributed by atoms with Gasteiger partial charge in [0, 0.05) is 18.8 Å². The van der Waals surface area contributed by atoms with Gasteiger partial charge >= 0.3 is 0 Å². The Morgan fingerprint density at radius 2 is 1.71 bits per heavy atom. The number of nitrogens with zero attached hydrogens (tertiary/aromatic N) is 3. The quantitative estimate of drug-likeness (QED) is 0.511. The molecule has 0 aliphatic carbocycles. The van der Waals surface area contributed by atoms with Crippen LogP contribution >= 0.6 is 24.8 Å². The number of hydrogen-bond acceptors (Lipinski definition) is 3. The van der Waals surface area contributed by atoms with Gasteiger partial charge in [-0.05, 0) is 30.3 Å². The van der Waals surface area contributed by atoms with E-state index >= 15 is 0 Å². The van der Waals surface area contributed by atoms with Crippen molar-refractivity contribution in [3.63, 3.8) is 0 Å². The van der Waals surface area contributed by atoms with E-state index in [0.717, 1.165) is 34.1 Å². The highest BCUT2D eigenvalue weighted by Crippen LogP contribution is 2.36. The molecular formula is C17H15Cl2N3O2. The summed E-state index contributed by atoms with van der Waals surface area (Å²) in [4.78, 5) is 4.77. The van der Waals surface area contributed by atoms with E-state index in [1.807, 2.05) is 37.4 Å². The Kier molecular flexibility index (Phi) is 4.07. The zero-order valence-corrected chi connectivity index (χ0v) is 14.4. The lowest BCUT2D eigenvalue weighted by Gasteiger charge is -2.00. The van der Waals surface area contributed by atoms with E-state index in [0.29, 0.717) is 0 Å². The molecule has 1 aliphatic heterocycles. The number of aryl methyl sites for hydroxylation is 1. The Bertz CT molecular complexity index is 1040. The maximum Gasteiger partial charge on any atom is 0.231 e. The summed E-state index contributed by atoms with van der Waals surface area (Å²) >= 11 is 0. The molecular weight excluding hydrogens is 349 g/mol. The SMILES string of the molecule is Cl.Cl.Cn1c2ccccc2n2cc(-c3ccc4c(c3)OCO4)nc12. The summed E-state index contributed by atoms with van der Waals surface area (Å²) in [6.45, 7) is 0.286. The van der Waals surface area contributed by atoms with Crippen molar-refractivity contribution in [1.82, 2.24) is 14.0 Å². The molecule has 0 atom stereocenters. The third kappa shape index (κ3) is 2.20. The highest BCUT2D eigenvalue weighted by molar-refractivity contribution is 5.85.